The summed E-state index contributed by atoms with van der Waals surface area (Å²) >= 11 is 6.00. The highest BCUT2D eigenvalue weighted by molar-refractivity contribution is 6.31. The van der Waals surface area contributed by atoms with Crippen molar-refractivity contribution < 1.29 is 4.74 Å². The monoisotopic (exact) mass is 241 g/mol. The molecule has 88 valence electrons. The Bertz CT molecular complexity index is 353. The van der Waals surface area contributed by atoms with Gasteiger partial charge in [-0.3, -0.25) is 0 Å². The number of aromatic nitrogens is 2. The Labute approximate surface area is 100 Å². The highest BCUT2D eigenvalue weighted by atomic mass is 35.5. The van der Waals surface area contributed by atoms with Gasteiger partial charge in [-0.05, 0) is 32.6 Å². The molecule has 0 aromatic carbocycles. The third kappa shape index (κ3) is 2.76. The molecule has 1 aromatic rings. The van der Waals surface area contributed by atoms with Crippen LogP contribution in [-0.2, 0) is 0 Å². The fraction of sp³-hybridized carbons (Fsp3) is 0.636. The van der Waals surface area contributed by atoms with Crippen LogP contribution in [-0.4, -0.2) is 22.6 Å². The summed E-state index contributed by atoms with van der Waals surface area (Å²) < 4.78 is 5.77. The standard InChI is InChI=1S/C11H16ClN3O/c1-2-13-11-14-7-9(12)10(15-11)16-8-5-3-4-6-8/h7-8H,2-6H2,1H3,(H,13,14,15). The van der Waals surface area contributed by atoms with E-state index >= 15 is 0 Å². The predicted octanol–water partition coefficient (Wildman–Crippen LogP) is 2.88. The van der Waals surface area contributed by atoms with Crippen LogP contribution in [0.4, 0.5) is 5.95 Å². The zero-order valence-electron chi connectivity index (χ0n) is 9.37. The van der Waals surface area contributed by atoms with E-state index in [4.69, 9.17) is 16.3 Å². The van der Waals surface area contributed by atoms with Gasteiger partial charge in [-0.2, -0.15) is 4.98 Å². The molecule has 16 heavy (non-hydrogen) atoms. The summed E-state index contributed by atoms with van der Waals surface area (Å²) in [6.45, 7) is 2.78. The van der Waals surface area contributed by atoms with E-state index in [1.807, 2.05) is 6.92 Å². The number of nitrogens with zero attached hydrogens (tertiary/aromatic N) is 2. The molecule has 4 nitrogen and oxygen atoms in total. The first-order valence-electron chi connectivity index (χ1n) is 5.72. The van der Waals surface area contributed by atoms with Crippen LogP contribution in [0, 0.1) is 0 Å². The molecule has 0 atom stereocenters. The van der Waals surface area contributed by atoms with Gasteiger partial charge >= 0.3 is 0 Å². The molecule has 0 spiro atoms. The Morgan fingerprint density at radius 2 is 2.25 bits per heavy atom. The summed E-state index contributed by atoms with van der Waals surface area (Å²) in [5.74, 6) is 1.07. The summed E-state index contributed by atoms with van der Waals surface area (Å²) in [5, 5.41) is 3.52. The molecular formula is C11H16ClN3O. The average Bonchev–Trinajstić information content (AvgIpc) is 2.76. The van der Waals surface area contributed by atoms with Gasteiger partial charge in [0.05, 0.1) is 6.20 Å². The van der Waals surface area contributed by atoms with Crippen LogP contribution in [0.15, 0.2) is 6.20 Å². The summed E-state index contributed by atoms with van der Waals surface area (Å²) in [4.78, 5) is 8.32. The van der Waals surface area contributed by atoms with Crippen molar-refractivity contribution in [3.05, 3.63) is 11.2 Å². The van der Waals surface area contributed by atoms with Crippen molar-refractivity contribution in [1.29, 1.82) is 0 Å². The van der Waals surface area contributed by atoms with Crippen molar-refractivity contribution in [1.82, 2.24) is 9.97 Å². The molecule has 1 saturated carbocycles. The predicted molar refractivity (Wildman–Crippen MR) is 64.1 cm³/mol. The fourth-order valence-corrected chi connectivity index (χ4v) is 1.98. The van der Waals surface area contributed by atoms with Crippen molar-refractivity contribution in [2.75, 3.05) is 11.9 Å². The van der Waals surface area contributed by atoms with Crippen LogP contribution in [0.1, 0.15) is 32.6 Å². The van der Waals surface area contributed by atoms with Gasteiger partial charge in [0, 0.05) is 6.54 Å². The molecule has 0 bridgehead atoms. The van der Waals surface area contributed by atoms with Gasteiger partial charge in [0.15, 0.2) is 0 Å². The van der Waals surface area contributed by atoms with Gasteiger partial charge in [0.1, 0.15) is 11.1 Å². The molecule has 1 aliphatic carbocycles. The van der Waals surface area contributed by atoms with Crippen molar-refractivity contribution in [2.24, 2.45) is 0 Å². The molecule has 0 radical (unpaired) electrons. The van der Waals surface area contributed by atoms with Crippen LogP contribution >= 0.6 is 11.6 Å². The zero-order chi connectivity index (χ0) is 11.4. The van der Waals surface area contributed by atoms with Gasteiger partial charge in [0.2, 0.25) is 11.8 Å². The van der Waals surface area contributed by atoms with Gasteiger partial charge in [-0.25, -0.2) is 4.98 Å². The number of anilines is 1. The lowest BCUT2D eigenvalue weighted by Crippen LogP contribution is -2.13. The maximum absolute atomic E-state index is 6.00. The maximum Gasteiger partial charge on any atom is 0.237 e. The first kappa shape index (κ1) is 11.5. The number of halogens is 1. The SMILES string of the molecule is CCNc1ncc(Cl)c(OC2CCCC2)n1. The number of nitrogens with one attached hydrogen (secondary N) is 1. The van der Waals surface area contributed by atoms with Gasteiger partial charge in [-0.15, -0.1) is 0 Å². The Balaban J connectivity index is 2.08. The third-order valence-corrected chi connectivity index (χ3v) is 2.89. The lowest BCUT2D eigenvalue weighted by molar-refractivity contribution is 0.201. The average molecular weight is 242 g/mol. The normalized spacial score (nSPS) is 16.4. The summed E-state index contributed by atoms with van der Waals surface area (Å²) in [5.41, 5.74) is 0. The van der Waals surface area contributed by atoms with E-state index in [9.17, 15) is 0 Å². The van der Waals surface area contributed by atoms with Crippen LogP contribution in [0.25, 0.3) is 0 Å². The number of hydrogen-bond donors (Lipinski definition) is 1. The lowest BCUT2D eigenvalue weighted by atomic mass is 10.3. The van der Waals surface area contributed by atoms with Crippen molar-refractivity contribution in [3.8, 4) is 5.88 Å². The molecule has 1 N–H and O–H groups in total. The third-order valence-electron chi connectivity index (χ3n) is 2.63. The van der Waals surface area contributed by atoms with E-state index < -0.39 is 0 Å². The first-order chi connectivity index (χ1) is 7.79. The maximum atomic E-state index is 6.00. The van der Waals surface area contributed by atoms with E-state index in [2.05, 4.69) is 15.3 Å². The molecule has 2 rings (SSSR count). The molecule has 1 heterocycles. The van der Waals surface area contributed by atoms with Gasteiger partial charge in [0.25, 0.3) is 0 Å². The Kier molecular flexibility index (Phi) is 3.83. The summed E-state index contributed by atoms with van der Waals surface area (Å²) in [6.07, 6.45) is 6.49. The molecule has 5 heteroatoms. The Hall–Kier alpha value is -1.03. The molecular weight excluding hydrogens is 226 g/mol. The minimum atomic E-state index is 0.266. The summed E-state index contributed by atoms with van der Waals surface area (Å²) in [7, 11) is 0. The quantitative estimate of drug-likeness (QED) is 0.881. The van der Waals surface area contributed by atoms with E-state index in [-0.39, 0.29) is 6.10 Å². The van der Waals surface area contributed by atoms with Gasteiger partial charge < -0.3 is 10.1 Å². The second-order valence-corrected chi connectivity index (χ2v) is 4.31. The van der Waals surface area contributed by atoms with Crippen molar-refractivity contribution >= 4 is 17.5 Å². The highest BCUT2D eigenvalue weighted by Gasteiger charge is 2.18. The molecule has 1 aromatic heterocycles. The largest absolute Gasteiger partial charge is 0.473 e. The van der Waals surface area contributed by atoms with Gasteiger partial charge in [-0.1, -0.05) is 11.6 Å². The minimum absolute atomic E-state index is 0.266. The van der Waals surface area contributed by atoms with Crippen LogP contribution in [0.2, 0.25) is 5.02 Å². The zero-order valence-corrected chi connectivity index (χ0v) is 10.1. The van der Waals surface area contributed by atoms with Crippen LogP contribution in [0.3, 0.4) is 0 Å². The molecule has 0 amide bonds. The van der Waals surface area contributed by atoms with Crippen LogP contribution < -0.4 is 10.1 Å². The lowest BCUT2D eigenvalue weighted by Gasteiger charge is -2.13. The first-order valence-corrected chi connectivity index (χ1v) is 6.10. The molecule has 0 unspecified atom stereocenters. The van der Waals surface area contributed by atoms with E-state index in [0.717, 1.165) is 19.4 Å². The Morgan fingerprint density at radius 3 is 2.94 bits per heavy atom. The van der Waals surface area contributed by atoms with E-state index in [1.165, 1.54) is 12.8 Å². The molecule has 0 aliphatic heterocycles. The molecule has 1 fully saturated rings. The second kappa shape index (κ2) is 5.34. The molecule has 1 aliphatic rings. The number of ether oxygens (including phenoxy) is 1. The van der Waals surface area contributed by atoms with E-state index in [0.29, 0.717) is 16.9 Å². The van der Waals surface area contributed by atoms with Crippen molar-refractivity contribution in [3.63, 3.8) is 0 Å². The fourth-order valence-electron chi connectivity index (χ4n) is 1.84. The smallest absolute Gasteiger partial charge is 0.237 e. The minimum Gasteiger partial charge on any atom is -0.473 e. The second-order valence-electron chi connectivity index (χ2n) is 3.90. The Morgan fingerprint density at radius 1 is 1.50 bits per heavy atom. The highest BCUT2D eigenvalue weighted by Crippen LogP contribution is 2.28. The number of hydrogen-bond acceptors (Lipinski definition) is 4. The molecule has 0 saturated heterocycles. The van der Waals surface area contributed by atoms with E-state index in [1.54, 1.807) is 6.20 Å². The number of rotatable bonds is 4. The topological polar surface area (TPSA) is 47.0 Å². The summed E-state index contributed by atoms with van der Waals surface area (Å²) in [6, 6.07) is 0. The van der Waals surface area contributed by atoms with Crippen LogP contribution in [0.5, 0.6) is 5.88 Å². The van der Waals surface area contributed by atoms with Crippen molar-refractivity contribution in [2.45, 2.75) is 38.7 Å².